The summed E-state index contributed by atoms with van der Waals surface area (Å²) in [6.45, 7) is 2.00. The summed E-state index contributed by atoms with van der Waals surface area (Å²) in [7, 11) is 0. The van der Waals surface area contributed by atoms with E-state index in [0.29, 0.717) is 0 Å². The van der Waals surface area contributed by atoms with Gasteiger partial charge in [0.2, 0.25) is 0 Å². The van der Waals surface area contributed by atoms with E-state index in [2.05, 4.69) is 47.4 Å². The monoisotopic (exact) mass is 376 g/mol. The van der Waals surface area contributed by atoms with E-state index in [0.717, 1.165) is 32.9 Å². The lowest BCUT2D eigenvalue weighted by molar-refractivity contribution is 0.937. The molecule has 0 saturated heterocycles. The second kappa shape index (κ2) is 7.48. The van der Waals surface area contributed by atoms with Crippen molar-refractivity contribution in [2.24, 2.45) is 0 Å². The minimum absolute atomic E-state index is 0.727. The predicted octanol–water partition coefficient (Wildman–Crippen LogP) is 6.55. The van der Waals surface area contributed by atoms with Crippen LogP contribution >= 0.6 is 23.4 Å². The fourth-order valence-corrected chi connectivity index (χ4v) is 3.97. The lowest BCUT2D eigenvalue weighted by Gasteiger charge is -2.08. The Morgan fingerprint density at radius 3 is 2.50 bits per heavy atom. The van der Waals surface area contributed by atoms with Crippen molar-refractivity contribution in [1.29, 1.82) is 0 Å². The molecule has 4 heteroatoms. The van der Waals surface area contributed by atoms with Crippen LogP contribution in [0.2, 0.25) is 5.02 Å². The van der Waals surface area contributed by atoms with Crippen molar-refractivity contribution in [2.45, 2.75) is 17.8 Å². The number of thioether (sulfide) groups is 1. The van der Waals surface area contributed by atoms with Crippen LogP contribution in [-0.2, 0) is 5.75 Å². The number of benzene rings is 3. The molecule has 4 aromatic rings. The summed E-state index contributed by atoms with van der Waals surface area (Å²) in [4.78, 5) is 9.34. The lowest BCUT2D eigenvalue weighted by atomic mass is 10.1. The molecule has 0 bridgehead atoms. The fourth-order valence-electron chi connectivity index (χ4n) is 2.94. The minimum atomic E-state index is 0.727. The summed E-state index contributed by atoms with van der Waals surface area (Å²) in [6.07, 6.45) is 0. The minimum Gasteiger partial charge on any atom is -0.228 e. The van der Waals surface area contributed by atoms with E-state index < -0.39 is 0 Å². The molecular formula is C22H17ClN2S. The van der Waals surface area contributed by atoms with Crippen LogP contribution < -0.4 is 0 Å². The van der Waals surface area contributed by atoms with Gasteiger partial charge in [-0.05, 0) is 41.5 Å². The topological polar surface area (TPSA) is 25.8 Å². The highest BCUT2D eigenvalue weighted by Gasteiger charge is 2.07. The van der Waals surface area contributed by atoms with Crippen LogP contribution in [0, 0.1) is 6.92 Å². The zero-order valence-electron chi connectivity index (χ0n) is 14.3. The molecule has 26 heavy (non-hydrogen) atoms. The van der Waals surface area contributed by atoms with Gasteiger partial charge in [-0.1, -0.05) is 78.0 Å². The summed E-state index contributed by atoms with van der Waals surface area (Å²) < 4.78 is 0. The van der Waals surface area contributed by atoms with E-state index in [1.54, 1.807) is 11.8 Å². The Balaban J connectivity index is 1.61. The highest BCUT2D eigenvalue weighted by atomic mass is 35.5. The van der Waals surface area contributed by atoms with Gasteiger partial charge in [0.25, 0.3) is 0 Å². The molecule has 0 spiro atoms. The van der Waals surface area contributed by atoms with Crippen LogP contribution in [0.25, 0.3) is 22.0 Å². The summed E-state index contributed by atoms with van der Waals surface area (Å²) >= 11 is 7.66. The smallest absolute Gasteiger partial charge is 0.188 e. The van der Waals surface area contributed by atoms with Gasteiger partial charge in [0.1, 0.15) is 0 Å². The molecule has 0 radical (unpaired) electrons. The molecule has 1 aromatic heterocycles. The summed E-state index contributed by atoms with van der Waals surface area (Å²) in [5, 5.41) is 4.07. The molecule has 0 atom stereocenters. The van der Waals surface area contributed by atoms with Crippen LogP contribution in [-0.4, -0.2) is 9.97 Å². The number of fused-ring (bicyclic) bond motifs is 1. The van der Waals surface area contributed by atoms with E-state index in [1.165, 1.54) is 16.3 Å². The number of hydrogen-bond donors (Lipinski definition) is 0. The maximum Gasteiger partial charge on any atom is 0.188 e. The van der Waals surface area contributed by atoms with E-state index >= 15 is 0 Å². The van der Waals surface area contributed by atoms with Crippen molar-refractivity contribution in [3.63, 3.8) is 0 Å². The second-order valence-electron chi connectivity index (χ2n) is 6.11. The van der Waals surface area contributed by atoms with Crippen LogP contribution in [0.4, 0.5) is 0 Å². The quantitative estimate of drug-likeness (QED) is 0.298. The van der Waals surface area contributed by atoms with Gasteiger partial charge in [0.15, 0.2) is 5.16 Å². The Morgan fingerprint density at radius 2 is 1.65 bits per heavy atom. The lowest BCUT2D eigenvalue weighted by Crippen LogP contribution is -1.94. The maximum atomic E-state index is 5.99. The van der Waals surface area contributed by atoms with Crippen molar-refractivity contribution in [1.82, 2.24) is 9.97 Å². The van der Waals surface area contributed by atoms with Crippen molar-refractivity contribution < 1.29 is 0 Å². The Labute approximate surface area is 162 Å². The Hall–Kier alpha value is -2.36. The van der Waals surface area contributed by atoms with Gasteiger partial charge in [0.05, 0.1) is 5.69 Å². The summed E-state index contributed by atoms with van der Waals surface area (Å²) in [5.74, 6) is 0.838. The van der Waals surface area contributed by atoms with Crippen molar-refractivity contribution in [2.75, 3.05) is 0 Å². The second-order valence-corrected chi connectivity index (χ2v) is 7.49. The van der Waals surface area contributed by atoms with Gasteiger partial charge in [-0.15, -0.1) is 0 Å². The Morgan fingerprint density at radius 1 is 0.885 bits per heavy atom. The molecule has 128 valence electrons. The third kappa shape index (κ3) is 3.74. The predicted molar refractivity (Wildman–Crippen MR) is 111 cm³/mol. The molecule has 1 heterocycles. The van der Waals surface area contributed by atoms with Gasteiger partial charge in [0, 0.05) is 22.0 Å². The zero-order valence-corrected chi connectivity index (χ0v) is 15.9. The first kappa shape index (κ1) is 17.1. The van der Waals surface area contributed by atoms with E-state index in [4.69, 9.17) is 16.6 Å². The van der Waals surface area contributed by atoms with Gasteiger partial charge in [-0.2, -0.15) is 0 Å². The number of nitrogens with zero attached hydrogens (tertiary/aromatic N) is 2. The van der Waals surface area contributed by atoms with E-state index in [9.17, 15) is 0 Å². The number of aryl methyl sites for hydroxylation is 1. The molecule has 4 rings (SSSR count). The van der Waals surface area contributed by atoms with Crippen LogP contribution in [0.5, 0.6) is 0 Å². The SMILES string of the molecule is Cc1cc(-c2ccc(Cl)cc2)nc(SCc2cccc3ccccc23)n1. The van der Waals surface area contributed by atoms with E-state index in [1.807, 2.05) is 37.3 Å². The highest BCUT2D eigenvalue weighted by molar-refractivity contribution is 7.98. The van der Waals surface area contributed by atoms with Crippen molar-refractivity contribution in [3.8, 4) is 11.3 Å². The third-order valence-corrected chi connectivity index (χ3v) is 5.36. The van der Waals surface area contributed by atoms with Crippen LogP contribution in [0.3, 0.4) is 0 Å². The number of hydrogen-bond acceptors (Lipinski definition) is 3. The van der Waals surface area contributed by atoms with E-state index in [-0.39, 0.29) is 0 Å². The van der Waals surface area contributed by atoms with Crippen LogP contribution in [0.1, 0.15) is 11.3 Å². The maximum absolute atomic E-state index is 5.99. The molecule has 3 aromatic carbocycles. The molecule has 0 aliphatic carbocycles. The molecule has 0 fully saturated rings. The van der Waals surface area contributed by atoms with Gasteiger partial charge in [-0.25, -0.2) is 9.97 Å². The highest BCUT2D eigenvalue weighted by Crippen LogP contribution is 2.28. The summed E-state index contributed by atoms with van der Waals surface area (Å²) in [5.41, 5.74) is 4.23. The number of rotatable bonds is 4. The zero-order chi connectivity index (χ0) is 17.9. The third-order valence-electron chi connectivity index (χ3n) is 4.21. The Bertz CT molecular complexity index is 1060. The first-order valence-corrected chi connectivity index (χ1v) is 9.76. The normalized spacial score (nSPS) is 11.0. The summed E-state index contributed by atoms with van der Waals surface area (Å²) in [6, 6.07) is 24.6. The molecule has 0 saturated carbocycles. The van der Waals surface area contributed by atoms with Gasteiger partial charge in [-0.3, -0.25) is 0 Å². The van der Waals surface area contributed by atoms with Crippen molar-refractivity contribution >= 4 is 34.1 Å². The number of halogens is 1. The van der Waals surface area contributed by atoms with Crippen LogP contribution in [0.15, 0.2) is 78.0 Å². The average Bonchev–Trinajstić information content (AvgIpc) is 2.66. The first-order chi connectivity index (χ1) is 12.7. The first-order valence-electron chi connectivity index (χ1n) is 8.40. The van der Waals surface area contributed by atoms with Gasteiger partial charge >= 0.3 is 0 Å². The molecule has 0 unspecified atom stereocenters. The molecule has 2 nitrogen and oxygen atoms in total. The standard InChI is InChI=1S/C22H17ClN2S/c1-15-13-21(17-9-11-19(23)12-10-17)25-22(24-15)26-14-18-7-4-6-16-5-2-3-8-20(16)18/h2-13H,14H2,1H3. The molecule has 0 aliphatic heterocycles. The van der Waals surface area contributed by atoms with Crippen molar-refractivity contribution in [3.05, 3.63) is 89.1 Å². The number of aromatic nitrogens is 2. The molecule has 0 N–H and O–H groups in total. The Kier molecular flexibility index (Phi) is 4.91. The molecular weight excluding hydrogens is 360 g/mol. The fraction of sp³-hybridized carbons (Fsp3) is 0.0909. The molecule has 0 aliphatic rings. The van der Waals surface area contributed by atoms with Gasteiger partial charge < -0.3 is 0 Å². The largest absolute Gasteiger partial charge is 0.228 e. The average molecular weight is 377 g/mol. The molecule has 0 amide bonds.